The van der Waals surface area contributed by atoms with E-state index in [1.807, 2.05) is 20.8 Å². The summed E-state index contributed by atoms with van der Waals surface area (Å²) in [7, 11) is 0. The van der Waals surface area contributed by atoms with Crippen LogP contribution >= 0.6 is 0 Å². The maximum Gasteiger partial charge on any atom is 0.410 e. The van der Waals surface area contributed by atoms with E-state index in [2.05, 4.69) is 9.80 Å². The van der Waals surface area contributed by atoms with Gasteiger partial charge in [-0.25, -0.2) is 4.79 Å². The van der Waals surface area contributed by atoms with Gasteiger partial charge in [0.15, 0.2) is 0 Å². The van der Waals surface area contributed by atoms with Crippen LogP contribution in [-0.4, -0.2) is 71.7 Å². The van der Waals surface area contributed by atoms with Crippen molar-refractivity contribution in [2.45, 2.75) is 32.4 Å². The SMILES string of the molecule is CC(C)(C)OC(=O)N1CC(N2CCN(c3ccc([N+](=O)[O-])cc3)CC2)C1. The predicted octanol–water partition coefficient (Wildman–Crippen LogP) is 2.34. The van der Waals surface area contributed by atoms with E-state index >= 15 is 0 Å². The fourth-order valence-electron chi connectivity index (χ4n) is 3.29. The average molecular weight is 362 g/mol. The van der Waals surface area contributed by atoms with Crippen LogP contribution in [0.15, 0.2) is 24.3 Å². The number of hydrogen-bond acceptors (Lipinski definition) is 6. The fourth-order valence-corrected chi connectivity index (χ4v) is 3.29. The smallest absolute Gasteiger partial charge is 0.410 e. The molecular formula is C18H26N4O4. The lowest BCUT2D eigenvalue weighted by Gasteiger charge is -2.48. The summed E-state index contributed by atoms with van der Waals surface area (Å²) >= 11 is 0. The molecule has 8 heteroatoms. The minimum Gasteiger partial charge on any atom is -0.444 e. The summed E-state index contributed by atoms with van der Waals surface area (Å²) < 4.78 is 5.39. The number of likely N-dealkylation sites (tertiary alicyclic amines) is 1. The molecule has 2 aliphatic rings. The Morgan fingerprint density at radius 1 is 1.12 bits per heavy atom. The molecule has 0 unspecified atom stereocenters. The molecule has 2 fully saturated rings. The van der Waals surface area contributed by atoms with Crippen molar-refractivity contribution in [1.29, 1.82) is 0 Å². The molecule has 0 spiro atoms. The van der Waals surface area contributed by atoms with E-state index in [-0.39, 0.29) is 16.7 Å². The molecule has 2 aliphatic heterocycles. The van der Waals surface area contributed by atoms with Gasteiger partial charge in [-0.3, -0.25) is 15.0 Å². The molecule has 2 heterocycles. The highest BCUT2D eigenvalue weighted by molar-refractivity contribution is 5.69. The minimum atomic E-state index is -0.460. The van der Waals surface area contributed by atoms with Crippen molar-refractivity contribution in [1.82, 2.24) is 9.80 Å². The number of carbonyl (C=O) groups excluding carboxylic acids is 1. The number of piperazine rings is 1. The van der Waals surface area contributed by atoms with E-state index in [1.165, 1.54) is 0 Å². The van der Waals surface area contributed by atoms with Crippen LogP contribution in [0.5, 0.6) is 0 Å². The van der Waals surface area contributed by atoms with Crippen LogP contribution in [0.4, 0.5) is 16.2 Å². The van der Waals surface area contributed by atoms with Crippen LogP contribution in [0.2, 0.25) is 0 Å². The summed E-state index contributed by atoms with van der Waals surface area (Å²) in [4.78, 5) is 28.8. The summed E-state index contributed by atoms with van der Waals surface area (Å²) in [6.07, 6.45) is -0.238. The predicted molar refractivity (Wildman–Crippen MR) is 98.5 cm³/mol. The molecule has 0 aliphatic carbocycles. The summed E-state index contributed by atoms with van der Waals surface area (Å²) in [5, 5.41) is 10.7. The number of nitrogens with zero attached hydrogens (tertiary/aromatic N) is 4. The van der Waals surface area contributed by atoms with Crippen molar-refractivity contribution in [2.24, 2.45) is 0 Å². The maximum absolute atomic E-state index is 12.0. The lowest BCUT2D eigenvalue weighted by Crippen LogP contribution is -2.64. The first-order chi connectivity index (χ1) is 12.2. The van der Waals surface area contributed by atoms with Gasteiger partial charge in [-0.1, -0.05) is 0 Å². The van der Waals surface area contributed by atoms with E-state index in [0.29, 0.717) is 19.1 Å². The van der Waals surface area contributed by atoms with Crippen molar-refractivity contribution in [3.05, 3.63) is 34.4 Å². The number of non-ortho nitro benzene ring substituents is 1. The standard InChI is InChI=1S/C18H26N4O4/c1-18(2,3)26-17(23)21-12-16(13-21)20-10-8-19(9-11-20)14-4-6-15(7-5-14)22(24)25/h4-7,16H,8-13H2,1-3H3. The Morgan fingerprint density at radius 3 is 2.19 bits per heavy atom. The zero-order valence-corrected chi connectivity index (χ0v) is 15.6. The Bertz CT molecular complexity index is 657. The van der Waals surface area contributed by atoms with E-state index < -0.39 is 5.60 Å². The third-order valence-electron chi connectivity index (χ3n) is 4.77. The zero-order valence-electron chi connectivity index (χ0n) is 15.6. The monoisotopic (exact) mass is 362 g/mol. The normalized spacial score (nSPS) is 19.2. The van der Waals surface area contributed by atoms with Crippen LogP contribution in [0.25, 0.3) is 0 Å². The molecule has 2 saturated heterocycles. The number of rotatable bonds is 3. The minimum absolute atomic E-state index is 0.115. The number of ether oxygens (including phenoxy) is 1. The van der Waals surface area contributed by atoms with Crippen molar-refractivity contribution >= 4 is 17.5 Å². The molecule has 0 N–H and O–H groups in total. The van der Waals surface area contributed by atoms with Gasteiger partial charge in [0.2, 0.25) is 0 Å². The Balaban J connectivity index is 1.45. The van der Waals surface area contributed by atoms with Gasteiger partial charge in [-0.05, 0) is 32.9 Å². The second kappa shape index (κ2) is 7.11. The third-order valence-corrected chi connectivity index (χ3v) is 4.77. The molecule has 8 nitrogen and oxygen atoms in total. The molecule has 1 amide bonds. The third kappa shape index (κ3) is 4.24. The van der Waals surface area contributed by atoms with E-state index in [0.717, 1.165) is 31.9 Å². The summed E-state index contributed by atoms with van der Waals surface area (Å²) in [6, 6.07) is 7.10. The second-order valence-corrected chi connectivity index (χ2v) is 7.84. The number of carbonyl (C=O) groups is 1. The molecule has 0 saturated carbocycles. The van der Waals surface area contributed by atoms with Gasteiger partial charge in [0.25, 0.3) is 5.69 Å². The van der Waals surface area contributed by atoms with Gasteiger partial charge in [0, 0.05) is 63.1 Å². The number of hydrogen-bond donors (Lipinski definition) is 0. The number of nitro groups is 1. The van der Waals surface area contributed by atoms with Crippen molar-refractivity contribution in [3.63, 3.8) is 0 Å². The highest BCUT2D eigenvalue weighted by Crippen LogP contribution is 2.23. The van der Waals surface area contributed by atoms with E-state index in [4.69, 9.17) is 4.74 Å². The number of benzene rings is 1. The zero-order chi connectivity index (χ0) is 18.9. The Morgan fingerprint density at radius 2 is 1.69 bits per heavy atom. The first kappa shape index (κ1) is 18.4. The van der Waals surface area contributed by atoms with Crippen molar-refractivity contribution in [3.8, 4) is 0 Å². The van der Waals surface area contributed by atoms with Crippen LogP contribution in [0.1, 0.15) is 20.8 Å². The Kier molecular flexibility index (Phi) is 5.04. The van der Waals surface area contributed by atoms with Gasteiger partial charge in [0.1, 0.15) is 5.60 Å². The number of amides is 1. The molecule has 0 aromatic heterocycles. The quantitative estimate of drug-likeness (QED) is 0.607. The molecule has 142 valence electrons. The molecule has 0 bridgehead atoms. The Labute approximate surface area is 153 Å². The first-order valence-electron chi connectivity index (χ1n) is 8.94. The molecule has 0 atom stereocenters. The largest absolute Gasteiger partial charge is 0.444 e. The molecule has 0 radical (unpaired) electrons. The number of anilines is 1. The average Bonchev–Trinajstić information content (AvgIpc) is 2.52. The number of nitro benzene ring substituents is 1. The van der Waals surface area contributed by atoms with Crippen LogP contribution < -0.4 is 4.90 Å². The van der Waals surface area contributed by atoms with Gasteiger partial charge in [-0.2, -0.15) is 0 Å². The highest BCUT2D eigenvalue weighted by atomic mass is 16.6. The van der Waals surface area contributed by atoms with Crippen molar-refractivity contribution in [2.75, 3.05) is 44.2 Å². The van der Waals surface area contributed by atoms with Gasteiger partial charge in [-0.15, -0.1) is 0 Å². The van der Waals surface area contributed by atoms with Gasteiger partial charge >= 0.3 is 6.09 Å². The molecule has 1 aromatic carbocycles. The topological polar surface area (TPSA) is 79.2 Å². The molecule has 3 rings (SSSR count). The van der Waals surface area contributed by atoms with Gasteiger partial charge in [0.05, 0.1) is 4.92 Å². The van der Waals surface area contributed by atoms with Gasteiger partial charge < -0.3 is 14.5 Å². The fraction of sp³-hybridized carbons (Fsp3) is 0.611. The lowest BCUT2D eigenvalue weighted by molar-refractivity contribution is -0.384. The summed E-state index contributed by atoms with van der Waals surface area (Å²) in [5.74, 6) is 0. The van der Waals surface area contributed by atoms with E-state index in [9.17, 15) is 14.9 Å². The van der Waals surface area contributed by atoms with Crippen LogP contribution in [0, 0.1) is 10.1 Å². The van der Waals surface area contributed by atoms with Crippen molar-refractivity contribution < 1.29 is 14.5 Å². The van der Waals surface area contributed by atoms with E-state index in [1.54, 1.807) is 29.2 Å². The molecule has 1 aromatic rings. The molecular weight excluding hydrogens is 336 g/mol. The first-order valence-corrected chi connectivity index (χ1v) is 8.94. The lowest BCUT2D eigenvalue weighted by atomic mass is 10.1. The second-order valence-electron chi connectivity index (χ2n) is 7.84. The molecule has 26 heavy (non-hydrogen) atoms. The Hall–Kier alpha value is -2.35. The summed E-state index contributed by atoms with van der Waals surface area (Å²) in [5.41, 5.74) is 0.668. The summed E-state index contributed by atoms with van der Waals surface area (Å²) in [6.45, 7) is 10.6. The maximum atomic E-state index is 12.0. The van der Waals surface area contributed by atoms with Crippen LogP contribution in [0.3, 0.4) is 0 Å². The highest BCUT2D eigenvalue weighted by Gasteiger charge is 2.38. The van der Waals surface area contributed by atoms with Crippen LogP contribution in [-0.2, 0) is 4.74 Å².